The number of ether oxygens (including phenoxy) is 1. The van der Waals surface area contributed by atoms with Crippen LogP contribution in [0.4, 0.5) is 0 Å². The van der Waals surface area contributed by atoms with Crippen LogP contribution in [0.1, 0.15) is 62.0 Å². The van der Waals surface area contributed by atoms with Crippen molar-refractivity contribution in [3.05, 3.63) is 65.2 Å². The predicted molar refractivity (Wildman–Crippen MR) is 107 cm³/mol. The Bertz CT molecular complexity index is 790. The molecular formula is C22H28N2O3. The largest absolute Gasteiger partial charge is 0.483 e. The van der Waals surface area contributed by atoms with Crippen LogP contribution in [0.25, 0.3) is 0 Å². The van der Waals surface area contributed by atoms with Crippen LogP contribution in [-0.2, 0) is 10.2 Å². The molecule has 0 heterocycles. The molecule has 27 heavy (non-hydrogen) atoms. The van der Waals surface area contributed by atoms with Gasteiger partial charge in [-0.1, -0.05) is 65.0 Å². The van der Waals surface area contributed by atoms with Crippen molar-refractivity contribution in [1.29, 1.82) is 0 Å². The number of nitrogens with one attached hydrogen (secondary N) is 2. The minimum atomic E-state index is -0.423. The Morgan fingerprint density at radius 1 is 0.963 bits per heavy atom. The molecular weight excluding hydrogens is 340 g/mol. The summed E-state index contributed by atoms with van der Waals surface area (Å²) in [6.07, 6.45) is 0. The number of hydrazine groups is 1. The standard InChI is InChI=1S/C22H28N2O3/c1-15(2)18-8-6-7-9-19(18)27-14-20(25)23-24-21(26)16-10-12-17(13-11-16)22(3,4)5/h6-13,15H,14H2,1-5H3,(H,23,25)(H,24,26). The molecule has 0 unspecified atom stereocenters. The smallest absolute Gasteiger partial charge is 0.276 e. The average Bonchev–Trinajstić information content (AvgIpc) is 2.64. The molecule has 2 N–H and O–H groups in total. The fraction of sp³-hybridized carbons (Fsp3) is 0.364. The van der Waals surface area contributed by atoms with Crippen molar-refractivity contribution in [3.63, 3.8) is 0 Å². The molecule has 2 rings (SSSR count). The van der Waals surface area contributed by atoms with Crippen molar-refractivity contribution in [2.24, 2.45) is 0 Å². The molecule has 0 atom stereocenters. The van der Waals surface area contributed by atoms with Crippen LogP contribution in [-0.4, -0.2) is 18.4 Å². The lowest BCUT2D eigenvalue weighted by Gasteiger charge is -2.19. The zero-order chi connectivity index (χ0) is 20.0. The van der Waals surface area contributed by atoms with Crippen LogP contribution in [0.2, 0.25) is 0 Å². The highest BCUT2D eigenvalue weighted by molar-refractivity contribution is 5.95. The number of benzene rings is 2. The second-order valence-corrected chi connectivity index (χ2v) is 7.81. The Kier molecular flexibility index (Phi) is 6.61. The van der Waals surface area contributed by atoms with Crippen molar-refractivity contribution in [3.8, 4) is 5.75 Å². The summed E-state index contributed by atoms with van der Waals surface area (Å²) in [5, 5.41) is 0. The minimum Gasteiger partial charge on any atom is -0.483 e. The van der Waals surface area contributed by atoms with Crippen LogP contribution in [0.15, 0.2) is 48.5 Å². The molecule has 0 aliphatic rings. The van der Waals surface area contributed by atoms with Crippen LogP contribution in [0.3, 0.4) is 0 Å². The van der Waals surface area contributed by atoms with Gasteiger partial charge >= 0.3 is 0 Å². The normalized spacial score (nSPS) is 11.2. The van der Waals surface area contributed by atoms with E-state index in [1.165, 1.54) is 0 Å². The van der Waals surface area contributed by atoms with Gasteiger partial charge < -0.3 is 4.74 Å². The quantitative estimate of drug-likeness (QED) is 0.786. The summed E-state index contributed by atoms with van der Waals surface area (Å²) in [5.74, 6) is 0.173. The molecule has 0 saturated carbocycles. The maximum atomic E-state index is 12.2. The van der Waals surface area contributed by atoms with E-state index in [0.29, 0.717) is 17.2 Å². The molecule has 0 aliphatic heterocycles. The third kappa shape index (κ3) is 5.84. The topological polar surface area (TPSA) is 67.4 Å². The van der Waals surface area contributed by atoms with E-state index in [2.05, 4.69) is 45.5 Å². The van der Waals surface area contributed by atoms with Crippen LogP contribution in [0, 0.1) is 0 Å². The summed E-state index contributed by atoms with van der Waals surface area (Å²) in [5.41, 5.74) is 7.47. The molecule has 0 radical (unpaired) electrons. The minimum absolute atomic E-state index is 0.0207. The molecule has 2 aromatic rings. The van der Waals surface area contributed by atoms with Gasteiger partial charge in [0.25, 0.3) is 11.8 Å². The Morgan fingerprint density at radius 2 is 1.59 bits per heavy atom. The van der Waals surface area contributed by atoms with E-state index in [0.717, 1.165) is 11.1 Å². The van der Waals surface area contributed by atoms with Crippen molar-refractivity contribution < 1.29 is 14.3 Å². The van der Waals surface area contributed by atoms with E-state index in [1.54, 1.807) is 12.1 Å². The van der Waals surface area contributed by atoms with E-state index in [1.807, 2.05) is 36.4 Å². The molecule has 144 valence electrons. The highest BCUT2D eigenvalue weighted by Crippen LogP contribution is 2.25. The zero-order valence-corrected chi connectivity index (χ0v) is 16.6. The number of para-hydroxylation sites is 1. The summed E-state index contributed by atoms with van der Waals surface area (Å²) in [6.45, 7) is 10.3. The highest BCUT2D eigenvalue weighted by Gasteiger charge is 2.15. The number of carbonyl (C=O) groups excluding carboxylic acids is 2. The van der Waals surface area contributed by atoms with Crippen molar-refractivity contribution in [2.75, 3.05) is 6.61 Å². The maximum absolute atomic E-state index is 12.2. The molecule has 0 bridgehead atoms. The first-order valence-corrected chi connectivity index (χ1v) is 9.10. The van der Waals surface area contributed by atoms with Crippen molar-refractivity contribution in [1.82, 2.24) is 10.9 Å². The molecule has 5 heteroatoms. The first-order valence-electron chi connectivity index (χ1n) is 9.10. The van der Waals surface area contributed by atoms with E-state index < -0.39 is 5.91 Å². The number of amides is 2. The summed E-state index contributed by atoms with van der Waals surface area (Å²) < 4.78 is 5.59. The summed E-state index contributed by atoms with van der Waals surface area (Å²) >= 11 is 0. The van der Waals surface area contributed by atoms with Gasteiger partial charge in [-0.25, -0.2) is 0 Å². The zero-order valence-electron chi connectivity index (χ0n) is 16.6. The Balaban J connectivity index is 1.86. The number of hydrogen-bond acceptors (Lipinski definition) is 3. The fourth-order valence-electron chi connectivity index (χ4n) is 2.59. The average molecular weight is 368 g/mol. The first kappa shape index (κ1) is 20.5. The lowest BCUT2D eigenvalue weighted by atomic mass is 9.87. The molecule has 5 nitrogen and oxygen atoms in total. The predicted octanol–water partition coefficient (Wildman–Crippen LogP) is 3.95. The second-order valence-electron chi connectivity index (χ2n) is 7.81. The van der Waals surface area contributed by atoms with Gasteiger partial charge in [0.1, 0.15) is 5.75 Å². The molecule has 0 saturated heterocycles. The Morgan fingerprint density at radius 3 is 2.19 bits per heavy atom. The molecule has 0 spiro atoms. The van der Waals surface area contributed by atoms with Crippen molar-refractivity contribution in [2.45, 2.75) is 46.0 Å². The van der Waals surface area contributed by atoms with Gasteiger partial charge in [-0.15, -0.1) is 0 Å². The van der Waals surface area contributed by atoms with Crippen molar-refractivity contribution >= 4 is 11.8 Å². The van der Waals surface area contributed by atoms with Gasteiger partial charge in [0.05, 0.1) is 0 Å². The van der Waals surface area contributed by atoms with Gasteiger partial charge in [-0.2, -0.15) is 0 Å². The lowest BCUT2D eigenvalue weighted by molar-refractivity contribution is -0.123. The van der Waals surface area contributed by atoms with Crippen LogP contribution < -0.4 is 15.6 Å². The number of rotatable bonds is 5. The SMILES string of the molecule is CC(C)c1ccccc1OCC(=O)NNC(=O)c1ccc(C(C)(C)C)cc1. The molecule has 0 aromatic heterocycles. The van der Waals surface area contributed by atoms with E-state index >= 15 is 0 Å². The van der Waals surface area contributed by atoms with Crippen LogP contribution in [0.5, 0.6) is 5.75 Å². The molecule has 0 fully saturated rings. The van der Waals surface area contributed by atoms with E-state index in [4.69, 9.17) is 4.74 Å². The third-order valence-corrected chi connectivity index (χ3v) is 4.23. The van der Waals surface area contributed by atoms with E-state index in [-0.39, 0.29) is 17.9 Å². The maximum Gasteiger partial charge on any atom is 0.276 e. The lowest BCUT2D eigenvalue weighted by Crippen LogP contribution is -2.43. The van der Waals surface area contributed by atoms with Crippen LogP contribution >= 0.6 is 0 Å². The van der Waals surface area contributed by atoms with Gasteiger partial charge in [0.2, 0.25) is 0 Å². The van der Waals surface area contributed by atoms with E-state index in [9.17, 15) is 9.59 Å². The van der Waals surface area contributed by atoms with Gasteiger partial charge in [0, 0.05) is 5.56 Å². The molecule has 2 amide bonds. The van der Waals surface area contributed by atoms with Gasteiger partial charge in [-0.05, 0) is 40.7 Å². The molecule has 0 aliphatic carbocycles. The summed E-state index contributed by atoms with van der Waals surface area (Å²) in [7, 11) is 0. The fourth-order valence-corrected chi connectivity index (χ4v) is 2.59. The number of hydrogen-bond donors (Lipinski definition) is 2. The first-order chi connectivity index (χ1) is 12.7. The number of carbonyl (C=O) groups is 2. The monoisotopic (exact) mass is 368 g/mol. The van der Waals surface area contributed by atoms with Gasteiger partial charge in [0.15, 0.2) is 6.61 Å². The highest BCUT2D eigenvalue weighted by atomic mass is 16.5. The molecule has 2 aromatic carbocycles. The summed E-state index contributed by atoms with van der Waals surface area (Å²) in [4.78, 5) is 24.1. The Labute approximate surface area is 161 Å². The van der Waals surface area contributed by atoms with Gasteiger partial charge in [-0.3, -0.25) is 20.4 Å². The third-order valence-electron chi connectivity index (χ3n) is 4.23. The second kappa shape index (κ2) is 8.71. The Hall–Kier alpha value is -2.82. The summed E-state index contributed by atoms with van der Waals surface area (Å²) in [6, 6.07) is 14.9.